The van der Waals surface area contributed by atoms with E-state index < -0.39 is 5.79 Å². The molecule has 0 radical (unpaired) electrons. The molecule has 4 heterocycles. The van der Waals surface area contributed by atoms with Gasteiger partial charge in [-0.2, -0.15) is 0 Å². The number of aryl methyl sites for hydroxylation is 1. The number of pyridine rings is 1. The summed E-state index contributed by atoms with van der Waals surface area (Å²) in [4.78, 5) is 27.6. The Kier molecular flexibility index (Phi) is 5.00. The van der Waals surface area contributed by atoms with Crippen molar-refractivity contribution in [2.24, 2.45) is 0 Å². The maximum atomic E-state index is 12.5. The highest BCUT2D eigenvalue weighted by molar-refractivity contribution is 5.92. The Morgan fingerprint density at radius 3 is 2.59 bits per heavy atom. The summed E-state index contributed by atoms with van der Waals surface area (Å²) >= 11 is 0. The fourth-order valence-electron chi connectivity index (χ4n) is 3.42. The highest BCUT2D eigenvalue weighted by atomic mass is 16.7. The summed E-state index contributed by atoms with van der Waals surface area (Å²) in [6.45, 7) is 5.09. The van der Waals surface area contributed by atoms with Crippen LogP contribution in [0.2, 0.25) is 0 Å². The lowest BCUT2D eigenvalue weighted by molar-refractivity contribution is -0.169. The number of rotatable bonds is 4. The predicted molar refractivity (Wildman–Crippen MR) is 98.3 cm³/mol. The van der Waals surface area contributed by atoms with E-state index in [1.165, 1.54) is 0 Å². The topological polar surface area (TPSA) is 89.5 Å². The van der Waals surface area contributed by atoms with Gasteiger partial charge in [-0.1, -0.05) is 0 Å². The van der Waals surface area contributed by atoms with Crippen molar-refractivity contribution in [3.8, 4) is 0 Å². The Balaban J connectivity index is 1.42. The van der Waals surface area contributed by atoms with Crippen LogP contribution in [0.3, 0.4) is 0 Å². The Labute approximate surface area is 157 Å². The average Bonchev–Trinajstić information content (AvgIpc) is 3.15. The Morgan fingerprint density at radius 2 is 1.89 bits per heavy atom. The number of anilines is 1. The third-order valence-corrected chi connectivity index (χ3v) is 4.90. The molecule has 0 saturated carbocycles. The SMILES string of the molecule is Cc1cc(C(=O)NCc2ccncc2)nc(N2CCC3(CC2)OCCO3)n1. The first kappa shape index (κ1) is 17.8. The number of ether oxygens (including phenoxy) is 2. The number of nitrogens with zero attached hydrogens (tertiary/aromatic N) is 4. The number of amides is 1. The first-order valence-electron chi connectivity index (χ1n) is 9.19. The zero-order valence-corrected chi connectivity index (χ0v) is 15.4. The average molecular weight is 369 g/mol. The lowest BCUT2D eigenvalue weighted by atomic mass is 10.0. The molecule has 2 aliphatic rings. The van der Waals surface area contributed by atoms with Crippen LogP contribution in [0.4, 0.5) is 5.95 Å². The van der Waals surface area contributed by atoms with Crippen LogP contribution in [0.5, 0.6) is 0 Å². The number of hydrogen-bond acceptors (Lipinski definition) is 7. The van der Waals surface area contributed by atoms with Crippen LogP contribution in [-0.2, 0) is 16.0 Å². The van der Waals surface area contributed by atoms with E-state index in [9.17, 15) is 4.79 Å². The largest absolute Gasteiger partial charge is 0.347 e. The number of carbonyl (C=O) groups is 1. The zero-order valence-electron chi connectivity index (χ0n) is 15.4. The first-order chi connectivity index (χ1) is 13.1. The van der Waals surface area contributed by atoms with Crippen LogP contribution in [-0.4, -0.2) is 52.9 Å². The van der Waals surface area contributed by atoms with E-state index in [4.69, 9.17) is 9.47 Å². The van der Waals surface area contributed by atoms with E-state index in [1.54, 1.807) is 18.5 Å². The fourth-order valence-corrected chi connectivity index (χ4v) is 3.42. The van der Waals surface area contributed by atoms with Crippen LogP contribution in [0.25, 0.3) is 0 Å². The van der Waals surface area contributed by atoms with Crippen LogP contribution >= 0.6 is 0 Å². The quantitative estimate of drug-likeness (QED) is 0.872. The highest BCUT2D eigenvalue weighted by Crippen LogP contribution is 2.32. The summed E-state index contributed by atoms with van der Waals surface area (Å²) in [5.41, 5.74) is 2.13. The van der Waals surface area contributed by atoms with E-state index in [-0.39, 0.29) is 5.91 Å². The van der Waals surface area contributed by atoms with Gasteiger partial charge >= 0.3 is 0 Å². The van der Waals surface area contributed by atoms with Gasteiger partial charge in [-0.3, -0.25) is 9.78 Å². The highest BCUT2D eigenvalue weighted by Gasteiger charge is 2.40. The second-order valence-electron chi connectivity index (χ2n) is 6.83. The second kappa shape index (κ2) is 7.58. The maximum Gasteiger partial charge on any atom is 0.270 e. The lowest BCUT2D eigenvalue weighted by Crippen LogP contribution is -2.45. The van der Waals surface area contributed by atoms with Crippen LogP contribution in [0.1, 0.15) is 34.6 Å². The smallest absolute Gasteiger partial charge is 0.270 e. The minimum absolute atomic E-state index is 0.213. The molecule has 0 aromatic carbocycles. The predicted octanol–water partition coefficient (Wildman–Crippen LogP) is 1.45. The van der Waals surface area contributed by atoms with Gasteiger partial charge in [0.1, 0.15) is 5.69 Å². The van der Waals surface area contributed by atoms with Crippen LogP contribution in [0, 0.1) is 6.92 Å². The summed E-state index contributed by atoms with van der Waals surface area (Å²) in [5, 5.41) is 2.90. The van der Waals surface area contributed by atoms with Crippen molar-refractivity contribution in [3.05, 3.63) is 47.5 Å². The fraction of sp³-hybridized carbons (Fsp3) is 0.474. The van der Waals surface area contributed by atoms with Gasteiger partial charge in [0.25, 0.3) is 5.91 Å². The molecule has 2 saturated heterocycles. The first-order valence-corrected chi connectivity index (χ1v) is 9.19. The van der Waals surface area contributed by atoms with Gasteiger partial charge in [0.05, 0.1) is 13.2 Å². The Morgan fingerprint density at radius 1 is 1.19 bits per heavy atom. The summed E-state index contributed by atoms with van der Waals surface area (Å²) in [7, 11) is 0. The van der Waals surface area contributed by atoms with Gasteiger partial charge in [0.15, 0.2) is 5.79 Å². The van der Waals surface area contributed by atoms with Crippen molar-refractivity contribution in [1.82, 2.24) is 20.3 Å². The molecule has 8 heteroatoms. The van der Waals surface area contributed by atoms with Crippen molar-refractivity contribution in [1.29, 1.82) is 0 Å². The van der Waals surface area contributed by atoms with Gasteiger partial charge in [-0.15, -0.1) is 0 Å². The maximum absolute atomic E-state index is 12.5. The Bertz CT molecular complexity index is 798. The van der Waals surface area contributed by atoms with E-state index in [0.29, 0.717) is 31.4 Å². The summed E-state index contributed by atoms with van der Waals surface area (Å²) in [6.07, 6.45) is 4.95. The number of hydrogen-bond donors (Lipinski definition) is 1. The van der Waals surface area contributed by atoms with Crippen LogP contribution in [0.15, 0.2) is 30.6 Å². The molecule has 0 unspecified atom stereocenters. The molecule has 0 atom stereocenters. The number of aromatic nitrogens is 3. The molecule has 2 fully saturated rings. The van der Waals surface area contributed by atoms with E-state index in [2.05, 4.69) is 25.2 Å². The lowest BCUT2D eigenvalue weighted by Gasteiger charge is -2.37. The van der Waals surface area contributed by atoms with Crippen molar-refractivity contribution in [2.75, 3.05) is 31.2 Å². The van der Waals surface area contributed by atoms with Crippen molar-refractivity contribution >= 4 is 11.9 Å². The molecule has 2 aliphatic heterocycles. The van der Waals surface area contributed by atoms with Gasteiger partial charge in [0, 0.05) is 50.6 Å². The second-order valence-corrected chi connectivity index (χ2v) is 6.83. The summed E-state index contributed by atoms with van der Waals surface area (Å²) in [5.74, 6) is -0.0724. The van der Waals surface area contributed by atoms with Gasteiger partial charge in [-0.05, 0) is 30.7 Å². The number of nitrogens with one attached hydrogen (secondary N) is 1. The van der Waals surface area contributed by atoms with Gasteiger partial charge < -0.3 is 19.7 Å². The van der Waals surface area contributed by atoms with E-state index >= 15 is 0 Å². The third-order valence-electron chi connectivity index (χ3n) is 4.90. The minimum Gasteiger partial charge on any atom is -0.347 e. The van der Waals surface area contributed by atoms with Crippen molar-refractivity contribution < 1.29 is 14.3 Å². The number of piperidine rings is 1. The molecule has 2 aromatic heterocycles. The molecule has 27 heavy (non-hydrogen) atoms. The van der Waals surface area contributed by atoms with E-state index in [1.807, 2.05) is 19.1 Å². The van der Waals surface area contributed by atoms with Gasteiger partial charge in [0.2, 0.25) is 5.95 Å². The standard InChI is InChI=1S/C19H23N5O3/c1-14-12-16(17(25)21-13-15-2-6-20-7-3-15)23-18(22-14)24-8-4-19(5-9-24)26-10-11-27-19/h2-3,6-7,12H,4-5,8-11,13H2,1H3,(H,21,25). The van der Waals surface area contributed by atoms with Crippen molar-refractivity contribution in [2.45, 2.75) is 32.1 Å². The molecule has 1 spiro atoms. The monoisotopic (exact) mass is 369 g/mol. The molecule has 142 valence electrons. The molecule has 8 nitrogen and oxygen atoms in total. The molecule has 1 N–H and O–H groups in total. The zero-order chi connectivity index (χ0) is 18.7. The number of carbonyl (C=O) groups excluding carboxylic acids is 1. The summed E-state index contributed by atoms with van der Waals surface area (Å²) in [6, 6.07) is 5.45. The molecule has 0 bridgehead atoms. The van der Waals surface area contributed by atoms with Crippen molar-refractivity contribution in [3.63, 3.8) is 0 Å². The summed E-state index contributed by atoms with van der Waals surface area (Å²) < 4.78 is 11.5. The van der Waals surface area contributed by atoms with Crippen LogP contribution < -0.4 is 10.2 Å². The molecule has 4 rings (SSSR count). The molecular formula is C19H23N5O3. The molecule has 1 amide bonds. The van der Waals surface area contributed by atoms with E-state index in [0.717, 1.165) is 37.2 Å². The van der Waals surface area contributed by atoms with Gasteiger partial charge in [-0.25, -0.2) is 9.97 Å². The molecule has 2 aromatic rings. The normalized spacial score (nSPS) is 18.6. The molecular weight excluding hydrogens is 346 g/mol. The Hall–Kier alpha value is -2.58. The molecule has 0 aliphatic carbocycles. The minimum atomic E-state index is -0.439. The third kappa shape index (κ3) is 4.06.